The molecule has 17 nitrogen and oxygen atoms in total. The van der Waals surface area contributed by atoms with Crippen LogP contribution in [0.3, 0.4) is 0 Å². The first-order valence-corrected chi connectivity index (χ1v) is 41.2. The second kappa shape index (κ2) is 63.5. The summed E-state index contributed by atoms with van der Waals surface area (Å²) in [4.78, 5) is 72.7. The molecule has 0 saturated heterocycles. The largest absolute Gasteiger partial charge is 0.472 e. The van der Waals surface area contributed by atoms with E-state index in [-0.39, 0.29) is 25.7 Å². The Morgan fingerprint density at radius 3 is 0.763 bits per heavy atom. The van der Waals surface area contributed by atoms with Crippen molar-refractivity contribution >= 4 is 39.5 Å². The zero-order chi connectivity index (χ0) is 68.9. The van der Waals surface area contributed by atoms with E-state index in [1.807, 2.05) is 0 Å². The third kappa shape index (κ3) is 67.0. The summed E-state index contributed by atoms with van der Waals surface area (Å²) in [6, 6.07) is 0. The Morgan fingerprint density at radius 2 is 0.516 bits per heavy atom. The van der Waals surface area contributed by atoms with E-state index in [1.165, 1.54) is 167 Å². The van der Waals surface area contributed by atoms with Crippen molar-refractivity contribution in [3.63, 3.8) is 0 Å². The molecule has 0 spiro atoms. The van der Waals surface area contributed by atoms with Crippen LogP contribution in [0.15, 0.2) is 0 Å². The summed E-state index contributed by atoms with van der Waals surface area (Å²) in [5.41, 5.74) is 0. The third-order valence-corrected chi connectivity index (χ3v) is 19.3. The van der Waals surface area contributed by atoms with Gasteiger partial charge in [0.15, 0.2) is 12.2 Å². The highest BCUT2D eigenvalue weighted by molar-refractivity contribution is 7.47. The fourth-order valence-corrected chi connectivity index (χ4v) is 12.7. The van der Waals surface area contributed by atoms with Crippen LogP contribution in [0.4, 0.5) is 0 Å². The predicted molar refractivity (Wildman–Crippen MR) is 377 cm³/mol. The van der Waals surface area contributed by atoms with Crippen LogP contribution in [0.1, 0.15) is 370 Å². The molecule has 6 atom stereocenters. The zero-order valence-corrected chi connectivity index (χ0v) is 62.7. The molecule has 93 heavy (non-hydrogen) atoms. The molecule has 0 aliphatic rings. The van der Waals surface area contributed by atoms with Crippen LogP contribution in [0, 0.1) is 23.7 Å². The number of carbonyl (C=O) groups excluding carboxylic acids is 4. The minimum Gasteiger partial charge on any atom is -0.462 e. The van der Waals surface area contributed by atoms with Crippen LogP contribution in [0.25, 0.3) is 0 Å². The second-order valence-electron chi connectivity index (χ2n) is 28.4. The van der Waals surface area contributed by atoms with Crippen molar-refractivity contribution in [2.45, 2.75) is 388 Å². The van der Waals surface area contributed by atoms with E-state index in [0.29, 0.717) is 25.7 Å². The van der Waals surface area contributed by atoms with Gasteiger partial charge in [-0.3, -0.25) is 37.3 Å². The minimum atomic E-state index is -4.96. The fraction of sp³-hybridized carbons (Fsp3) is 0.946. The first-order valence-electron chi connectivity index (χ1n) is 38.2. The van der Waals surface area contributed by atoms with Gasteiger partial charge < -0.3 is 33.8 Å². The quantitative estimate of drug-likeness (QED) is 0.0222. The van der Waals surface area contributed by atoms with E-state index in [2.05, 4.69) is 55.4 Å². The van der Waals surface area contributed by atoms with E-state index in [9.17, 15) is 43.2 Å². The lowest BCUT2D eigenvalue weighted by atomic mass is 10.00. The maximum atomic E-state index is 13.0. The summed E-state index contributed by atoms with van der Waals surface area (Å²) < 4.78 is 68.4. The van der Waals surface area contributed by atoms with Crippen molar-refractivity contribution in [2.24, 2.45) is 23.7 Å². The van der Waals surface area contributed by atoms with Gasteiger partial charge in [0.2, 0.25) is 0 Å². The summed E-state index contributed by atoms with van der Waals surface area (Å²) in [6.45, 7) is 14.1. The van der Waals surface area contributed by atoms with Crippen molar-refractivity contribution < 1.29 is 80.2 Å². The average molecular weight is 1370 g/mol. The van der Waals surface area contributed by atoms with Gasteiger partial charge in [-0.1, -0.05) is 319 Å². The zero-order valence-electron chi connectivity index (χ0n) is 60.9. The molecule has 0 radical (unpaired) electrons. The number of phosphoric acid groups is 2. The monoisotopic (exact) mass is 1370 g/mol. The second-order valence-corrected chi connectivity index (χ2v) is 31.3. The molecule has 0 heterocycles. The smallest absolute Gasteiger partial charge is 0.462 e. The van der Waals surface area contributed by atoms with Crippen LogP contribution >= 0.6 is 15.6 Å². The molecule has 0 aromatic carbocycles. The van der Waals surface area contributed by atoms with Gasteiger partial charge in [-0.15, -0.1) is 0 Å². The van der Waals surface area contributed by atoms with Crippen LogP contribution in [-0.2, 0) is 65.4 Å². The molecule has 3 N–H and O–H groups in total. The Balaban J connectivity index is 5.23. The van der Waals surface area contributed by atoms with Crippen LogP contribution in [-0.4, -0.2) is 96.7 Å². The SMILES string of the molecule is CCC(C)CCCCCCCCC(=O)OC[C@H](COP(=O)(O)OC[C@H](O)COP(=O)(O)OC[C@@H](COC(=O)CCCCCCCCCCCCC(C)C)OC(=O)CCCCCCCCCCCC(C)C)OC(=O)CCCCCCCCCCCCCCCCCC(C)C. The van der Waals surface area contributed by atoms with E-state index in [1.54, 1.807) is 0 Å². The molecule has 0 fully saturated rings. The van der Waals surface area contributed by atoms with Gasteiger partial charge in [0.25, 0.3) is 0 Å². The van der Waals surface area contributed by atoms with Crippen LogP contribution in [0.2, 0.25) is 0 Å². The molecule has 0 bridgehead atoms. The Bertz CT molecular complexity index is 1840. The first kappa shape index (κ1) is 91.1. The summed E-state index contributed by atoms with van der Waals surface area (Å²) >= 11 is 0. The molecule has 0 aliphatic heterocycles. The fourth-order valence-electron chi connectivity index (χ4n) is 11.2. The van der Waals surface area contributed by atoms with Gasteiger partial charge in [-0.05, 0) is 49.4 Å². The molecule has 0 amide bonds. The molecule has 0 aliphatic carbocycles. The molecule has 0 saturated carbocycles. The summed E-state index contributed by atoms with van der Waals surface area (Å²) in [7, 11) is -9.91. The lowest BCUT2D eigenvalue weighted by Crippen LogP contribution is -2.30. The van der Waals surface area contributed by atoms with Crippen molar-refractivity contribution in [2.75, 3.05) is 39.6 Å². The molecular formula is C74H144O17P2. The molecule has 0 aromatic heterocycles. The normalized spacial score (nSPS) is 14.5. The van der Waals surface area contributed by atoms with Gasteiger partial charge in [-0.25, -0.2) is 9.13 Å². The van der Waals surface area contributed by atoms with Crippen molar-refractivity contribution in [1.82, 2.24) is 0 Å². The number of aliphatic hydroxyl groups is 1. The van der Waals surface area contributed by atoms with E-state index in [4.69, 9.17) is 37.0 Å². The highest BCUT2D eigenvalue weighted by Crippen LogP contribution is 2.45. The molecule has 3 unspecified atom stereocenters. The van der Waals surface area contributed by atoms with Crippen molar-refractivity contribution in [1.29, 1.82) is 0 Å². The van der Waals surface area contributed by atoms with E-state index < -0.39 is 97.5 Å². The minimum absolute atomic E-state index is 0.105. The molecule has 19 heteroatoms. The van der Waals surface area contributed by atoms with E-state index >= 15 is 0 Å². The summed E-state index contributed by atoms with van der Waals surface area (Å²) in [5.74, 6) is 0.903. The van der Waals surface area contributed by atoms with Crippen molar-refractivity contribution in [3.8, 4) is 0 Å². The lowest BCUT2D eigenvalue weighted by molar-refractivity contribution is -0.161. The average Bonchev–Trinajstić information content (AvgIpc) is 2.25. The third-order valence-electron chi connectivity index (χ3n) is 17.4. The Kier molecular flexibility index (Phi) is 62.2. The van der Waals surface area contributed by atoms with Gasteiger partial charge in [0.1, 0.15) is 19.3 Å². The maximum Gasteiger partial charge on any atom is 0.472 e. The number of rotatable bonds is 71. The topological polar surface area (TPSA) is 237 Å². The Labute approximate surface area is 568 Å². The number of ether oxygens (including phenoxy) is 4. The van der Waals surface area contributed by atoms with Crippen molar-refractivity contribution in [3.05, 3.63) is 0 Å². The van der Waals surface area contributed by atoms with Gasteiger partial charge >= 0.3 is 39.5 Å². The number of carbonyl (C=O) groups is 4. The maximum absolute atomic E-state index is 13.0. The predicted octanol–water partition coefficient (Wildman–Crippen LogP) is 21.3. The number of unbranched alkanes of at least 4 members (excludes halogenated alkanes) is 36. The van der Waals surface area contributed by atoms with Gasteiger partial charge in [-0.2, -0.15) is 0 Å². The van der Waals surface area contributed by atoms with Crippen LogP contribution < -0.4 is 0 Å². The van der Waals surface area contributed by atoms with Gasteiger partial charge in [0, 0.05) is 25.7 Å². The van der Waals surface area contributed by atoms with E-state index in [0.717, 1.165) is 120 Å². The number of aliphatic hydroxyl groups excluding tert-OH is 1. The highest BCUT2D eigenvalue weighted by Gasteiger charge is 2.30. The van der Waals surface area contributed by atoms with Gasteiger partial charge in [0.05, 0.1) is 26.4 Å². The first-order chi connectivity index (χ1) is 44.6. The molecular weight excluding hydrogens is 1220 g/mol. The molecule has 0 aromatic rings. The van der Waals surface area contributed by atoms with Crippen LogP contribution in [0.5, 0.6) is 0 Å². The highest BCUT2D eigenvalue weighted by atomic mass is 31.2. The number of esters is 4. The number of phosphoric ester groups is 2. The standard InChI is InChI=1S/C74H144O17P2/c1-9-67(8)53-45-37-32-33-39-47-55-72(77)85-61-70(91-73(78)56-48-40-30-24-16-14-12-10-11-13-15-20-26-34-42-50-64(2)3)63-89-93(82,83)87-59-68(75)58-86-92(80,81)88-62-69(90-74(79)57-49-41-31-25-19-22-28-36-44-52-66(6)7)60-84-71(76)54-46-38-29-23-18-17-21-27-35-43-51-65(4)5/h64-70,75H,9-63H2,1-8H3,(H,80,81)(H,82,83)/t67?,68-,69-,70-/m1/s1. The summed E-state index contributed by atoms with van der Waals surface area (Å²) in [5, 5.41) is 10.6. The number of hydrogen-bond acceptors (Lipinski definition) is 15. The lowest BCUT2D eigenvalue weighted by Gasteiger charge is -2.21. The number of hydrogen-bond donors (Lipinski definition) is 3. The molecule has 552 valence electrons. The molecule has 0 rings (SSSR count). The Morgan fingerprint density at radius 1 is 0.301 bits per heavy atom. The summed E-state index contributed by atoms with van der Waals surface area (Å²) in [6.07, 6.45) is 47.2. The Hall–Kier alpha value is -1.94.